The van der Waals surface area contributed by atoms with Crippen molar-refractivity contribution in [1.82, 2.24) is 19.2 Å². The first kappa shape index (κ1) is 40.4. The standard InChI is InChI=1S/C43H53N5O8S/c1-8-27-24-42(4,5)46(9-2)33-22-35-31(20-29(27)33)40(41-44-17-19-45(41)18-13-11-12-14-39(51)56-48-37(49)15-16-38(48)50)32-21-30-28(26-57(52,53)54)25-43(6,7)47(10-3)34(30)23-36(32)55-35/h17,19-24,28H,8-16,18,25-26H2,1-7H3/p+1. The summed E-state index contributed by atoms with van der Waals surface area (Å²) < 4.78 is 46.4. The highest BCUT2D eigenvalue weighted by atomic mass is 32.2. The van der Waals surface area contributed by atoms with E-state index in [2.05, 4.69) is 86.8 Å². The Kier molecular flexibility index (Phi) is 10.7. The van der Waals surface area contributed by atoms with Gasteiger partial charge in [-0.1, -0.05) is 13.3 Å². The molecule has 0 radical (unpaired) electrons. The Morgan fingerprint density at radius 1 is 1.00 bits per heavy atom. The fourth-order valence-corrected chi connectivity index (χ4v) is 10.2. The molecule has 0 saturated carbocycles. The van der Waals surface area contributed by atoms with Crippen LogP contribution < -0.4 is 24.8 Å². The zero-order valence-electron chi connectivity index (χ0n) is 34.1. The molecule has 0 spiro atoms. The van der Waals surface area contributed by atoms with Crippen molar-refractivity contribution in [3.63, 3.8) is 0 Å². The van der Waals surface area contributed by atoms with Gasteiger partial charge in [-0.15, -0.1) is 5.06 Å². The van der Waals surface area contributed by atoms with Crippen LogP contribution in [0.15, 0.2) is 42.7 Å². The number of carbonyl (C=O) groups is 3. The summed E-state index contributed by atoms with van der Waals surface area (Å²) >= 11 is 0. The van der Waals surface area contributed by atoms with Crippen molar-refractivity contribution in [2.45, 2.75) is 123 Å². The molecule has 57 heavy (non-hydrogen) atoms. The summed E-state index contributed by atoms with van der Waals surface area (Å²) in [5.41, 5.74) is 5.18. The Morgan fingerprint density at radius 3 is 2.40 bits per heavy atom. The minimum Gasteiger partial charge on any atom is -0.456 e. The lowest BCUT2D eigenvalue weighted by Gasteiger charge is -2.48. The summed E-state index contributed by atoms with van der Waals surface area (Å²) in [7, 11) is -4.29. The van der Waals surface area contributed by atoms with Crippen molar-refractivity contribution >= 4 is 44.7 Å². The molecule has 4 aliphatic rings. The van der Waals surface area contributed by atoms with E-state index in [1.807, 2.05) is 12.3 Å². The second-order valence-electron chi connectivity index (χ2n) is 16.7. The van der Waals surface area contributed by atoms with Crippen molar-refractivity contribution in [2.75, 3.05) is 23.7 Å². The number of anilines is 1. The molecule has 0 bridgehead atoms. The highest BCUT2D eigenvalue weighted by Crippen LogP contribution is 2.49. The number of amides is 2. The molecule has 1 unspecified atom stereocenters. The maximum atomic E-state index is 12.4. The molecule has 14 heteroatoms. The minimum atomic E-state index is -4.29. The van der Waals surface area contributed by atoms with Crippen LogP contribution >= 0.6 is 0 Å². The van der Waals surface area contributed by atoms with Crippen LogP contribution in [0.5, 0.6) is 11.5 Å². The molecule has 1 N–H and O–H groups in total. The van der Waals surface area contributed by atoms with Gasteiger partial charge in [0, 0.05) is 104 Å². The predicted octanol–water partition coefficient (Wildman–Crippen LogP) is 5.48. The Hall–Kier alpha value is -4.82. The quantitative estimate of drug-likeness (QED) is 0.0797. The lowest BCUT2D eigenvalue weighted by atomic mass is 9.78. The molecule has 1 saturated heterocycles. The van der Waals surface area contributed by atoms with Crippen LogP contribution in [0.4, 0.5) is 5.69 Å². The summed E-state index contributed by atoms with van der Waals surface area (Å²) in [5, 5.41) is 2.57. The molecule has 2 aromatic carbocycles. The van der Waals surface area contributed by atoms with Gasteiger partial charge in [0.05, 0.1) is 11.8 Å². The van der Waals surface area contributed by atoms with Crippen LogP contribution in [-0.4, -0.2) is 75.3 Å². The normalized spacial score (nSPS) is 19.4. The van der Waals surface area contributed by atoms with Crippen LogP contribution in [0.3, 0.4) is 0 Å². The third-order valence-electron chi connectivity index (χ3n) is 11.9. The molecule has 5 heterocycles. The van der Waals surface area contributed by atoms with E-state index in [-0.39, 0.29) is 36.1 Å². The molecule has 1 fully saturated rings. The van der Waals surface area contributed by atoms with Crippen LogP contribution in [-0.2, 0) is 35.9 Å². The first-order valence-electron chi connectivity index (χ1n) is 20.2. The lowest BCUT2D eigenvalue weighted by molar-refractivity contribution is -0.197. The van der Waals surface area contributed by atoms with Crippen LogP contribution in [0, 0.1) is 0 Å². The summed E-state index contributed by atoms with van der Waals surface area (Å²) in [4.78, 5) is 48.4. The van der Waals surface area contributed by atoms with E-state index in [1.54, 1.807) is 6.20 Å². The van der Waals surface area contributed by atoms with Crippen molar-refractivity contribution < 1.29 is 36.9 Å². The zero-order chi connectivity index (χ0) is 41.0. The van der Waals surface area contributed by atoms with Crippen molar-refractivity contribution in [1.29, 1.82) is 0 Å². The molecular formula is C43H54N5O8S+. The number of ether oxygens (including phenoxy) is 1. The molecule has 1 aromatic heterocycles. The summed E-state index contributed by atoms with van der Waals surface area (Å²) in [5.74, 6) is -0.361. The average molecular weight is 801 g/mol. The smallest absolute Gasteiger partial charge is 0.333 e. The molecule has 2 amide bonds. The van der Waals surface area contributed by atoms with Crippen molar-refractivity contribution in [3.05, 3.63) is 75.8 Å². The number of hydrogen-bond acceptors (Lipinski definition) is 9. The number of fused-ring (bicyclic) bond motifs is 4. The molecule has 13 nitrogen and oxygen atoms in total. The monoisotopic (exact) mass is 800 g/mol. The number of rotatable bonds is 13. The second kappa shape index (κ2) is 15.2. The van der Waals surface area contributed by atoms with E-state index >= 15 is 0 Å². The van der Waals surface area contributed by atoms with Gasteiger partial charge in [0.1, 0.15) is 23.9 Å². The number of hydroxylamine groups is 2. The number of likely N-dealkylation sites (N-methyl/N-ethyl adjacent to an activating group) is 1. The first-order chi connectivity index (χ1) is 27.0. The number of carbonyl (C=O) groups excluding carboxylic acids is 3. The topological polar surface area (TPSA) is 151 Å². The van der Waals surface area contributed by atoms with Crippen LogP contribution in [0.2, 0.25) is 0 Å². The average Bonchev–Trinajstić information content (AvgIpc) is 3.72. The zero-order valence-corrected chi connectivity index (χ0v) is 34.9. The number of hydrogen-bond donors (Lipinski definition) is 1. The third-order valence-corrected chi connectivity index (χ3v) is 12.7. The fourth-order valence-electron chi connectivity index (χ4n) is 9.42. The highest BCUT2D eigenvalue weighted by molar-refractivity contribution is 7.85. The second-order valence-corrected chi connectivity index (χ2v) is 18.2. The van der Waals surface area contributed by atoms with Gasteiger partial charge in [-0.25, -0.2) is 14.4 Å². The van der Waals surface area contributed by atoms with Gasteiger partial charge in [0.25, 0.3) is 21.9 Å². The number of benzene rings is 2. The molecular weight excluding hydrogens is 747 g/mol. The Balaban J connectivity index is 1.32. The Labute approximate surface area is 334 Å². The SMILES string of the molecule is CCC1=CC(C)(C)[N+](CC)=c2cc3c(cc21)=C(c1nccn1CCCCCC(=O)ON1C(=O)CCC1=O)c1cc2c(cc1O3)N(CC)C(C)(C)CC2CS(=O)(=O)O. The fraction of sp³-hybridized carbons (Fsp3) is 0.512. The highest BCUT2D eigenvalue weighted by Gasteiger charge is 2.41. The number of aryl methyl sites for hydroxylation is 1. The van der Waals surface area contributed by atoms with E-state index in [1.165, 1.54) is 5.57 Å². The molecule has 3 aromatic rings. The van der Waals surface area contributed by atoms with Crippen molar-refractivity contribution in [2.24, 2.45) is 0 Å². The van der Waals surface area contributed by atoms with E-state index in [0.717, 1.165) is 63.7 Å². The number of aromatic nitrogens is 2. The van der Waals surface area contributed by atoms with E-state index in [0.29, 0.717) is 48.9 Å². The maximum absolute atomic E-state index is 12.4. The first-order valence-corrected chi connectivity index (χ1v) is 21.8. The number of imidazole rings is 1. The van der Waals surface area contributed by atoms with Gasteiger partial charge in [-0.3, -0.25) is 14.1 Å². The number of imide groups is 1. The molecule has 0 aliphatic carbocycles. The predicted molar refractivity (Wildman–Crippen MR) is 217 cm³/mol. The van der Waals surface area contributed by atoms with Gasteiger partial charge < -0.3 is 19.0 Å². The van der Waals surface area contributed by atoms with Gasteiger partial charge in [0.2, 0.25) is 5.36 Å². The van der Waals surface area contributed by atoms with Gasteiger partial charge in [-0.2, -0.15) is 8.42 Å². The summed E-state index contributed by atoms with van der Waals surface area (Å²) in [6.07, 6.45) is 9.55. The number of allylic oxidation sites excluding steroid dienone is 1. The van der Waals surface area contributed by atoms with Gasteiger partial charge in [0.15, 0.2) is 5.54 Å². The largest absolute Gasteiger partial charge is 0.456 e. The van der Waals surface area contributed by atoms with Crippen LogP contribution in [0.1, 0.15) is 128 Å². The van der Waals surface area contributed by atoms with Crippen LogP contribution in [0.25, 0.3) is 11.1 Å². The minimum absolute atomic E-state index is 0.0523. The van der Waals surface area contributed by atoms with E-state index in [4.69, 9.17) is 14.6 Å². The number of nitrogens with zero attached hydrogens (tertiary/aromatic N) is 5. The molecule has 304 valence electrons. The third kappa shape index (κ3) is 7.65. The molecule has 4 aliphatic heterocycles. The molecule has 7 rings (SSSR count). The van der Waals surface area contributed by atoms with Crippen molar-refractivity contribution in [3.8, 4) is 11.5 Å². The summed E-state index contributed by atoms with van der Waals surface area (Å²) in [6.45, 7) is 17.2. The van der Waals surface area contributed by atoms with E-state index in [9.17, 15) is 27.4 Å². The van der Waals surface area contributed by atoms with Gasteiger partial charge >= 0.3 is 5.97 Å². The summed E-state index contributed by atoms with van der Waals surface area (Å²) in [6, 6.07) is 8.45. The molecule has 1 atom stereocenters. The lowest BCUT2D eigenvalue weighted by Crippen LogP contribution is -2.49. The van der Waals surface area contributed by atoms with Gasteiger partial charge in [-0.05, 0) is 82.7 Å². The maximum Gasteiger partial charge on any atom is 0.333 e. The Bertz CT molecular complexity index is 2410. The number of unbranched alkanes of at least 4 members (excludes halogenated alkanes) is 2. The Morgan fingerprint density at radius 2 is 1.74 bits per heavy atom. The van der Waals surface area contributed by atoms with E-state index < -0.39 is 33.8 Å².